The fraction of sp³-hybridized carbons (Fsp3) is 0.500. The molecule has 0 fully saturated rings. The molecule has 24 heavy (non-hydrogen) atoms. The van der Waals surface area contributed by atoms with Gasteiger partial charge >= 0.3 is 5.97 Å². The third kappa shape index (κ3) is 8.07. The van der Waals surface area contributed by atoms with E-state index >= 15 is 0 Å². The van der Waals surface area contributed by atoms with E-state index in [1.165, 1.54) is 12.1 Å². The van der Waals surface area contributed by atoms with E-state index < -0.39 is 10.0 Å². The smallest absolute Gasteiger partial charge is 0.306 e. The van der Waals surface area contributed by atoms with Crippen LogP contribution in [-0.4, -0.2) is 33.4 Å². The Balaban J connectivity index is 2.27. The van der Waals surface area contributed by atoms with Gasteiger partial charge in [0, 0.05) is 13.0 Å². The molecule has 0 atom stereocenters. The number of hydrogen-bond acceptors (Lipinski definition) is 5. The molecule has 0 aliphatic rings. The topological polar surface area (TPSA) is 116 Å². The molecule has 1 aromatic carbocycles. The van der Waals surface area contributed by atoms with Crippen LogP contribution < -0.4 is 10.5 Å². The number of rotatable bonds is 9. The standard InChI is InChI=1S/C16H24N2O5S/c1-12(2)3-8-16(20)23-11-15(19)18-10-9-13-4-6-14(7-5-13)24(17,21)22/h4-7,12H,3,8-11H2,1-2H3,(H,18,19)(H2,17,21,22). The molecule has 3 N–H and O–H groups in total. The highest BCUT2D eigenvalue weighted by Crippen LogP contribution is 2.09. The maximum Gasteiger partial charge on any atom is 0.306 e. The van der Waals surface area contributed by atoms with Crippen LogP contribution in [-0.2, 0) is 30.8 Å². The van der Waals surface area contributed by atoms with E-state index in [0.717, 1.165) is 12.0 Å². The van der Waals surface area contributed by atoms with Gasteiger partial charge in [0.15, 0.2) is 6.61 Å². The molecular weight excluding hydrogens is 332 g/mol. The summed E-state index contributed by atoms with van der Waals surface area (Å²) in [5.74, 6) is -0.335. The Labute approximate surface area is 142 Å². The fourth-order valence-corrected chi connectivity index (χ4v) is 2.38. The van der Waals surface area contributed by atoms with Crippen LogP contribution in [0.4, 0.5) is 0 Å². The Morgan fingerprint density at radius 2 is 1.83 bits per heavy atom. The van der Waals surface area contributed by atoms with Crippen LogP contribution in [0.2, 0.25) is 0 Å². The van der Waals surface area contributed by atoms with Gasteiger partial charge in [0.2, 0.25) is 10.0 Å². The Kier molecular flexibility index (Phi) is 7.87. The minimum atomic E-state index is -3.70. The third-order valence-corrected chi connectivity index (χ3v) is 4.21. The molecule has 0 saturated heterocycles. The summed E-state index contributed by atoms with van der Waals surface area (Å²) in [4.78, 5) is 23.0. The van der Waals surface area contributed by atoms with Gasteiger partial charge in [-0.15, -0.1) is 0 Å². The zero-order chi connectivity index (χ0) is 18.2. The number of hydrogen-bond donors (Lipinski definition) is 2. The number of esters is 1. The fourth-order valence-electron chi connectivity index (χ4n) is 1.87. The first-order valence-electron chi connectivity index (χ1n) is 7.72. The normalized spacial score (nSPS) is 11.3. The minimum absolute atomic E-state index is 0.0450. The monoisotopic (exact) mass is 356 g/mol. The van der Waals surface area contributed by atoms with Gasteiger partial charge in [0.25, 0.3) is 5.91 Å². The van der Waals surface area contributed by atoms with Gasteiger partial charge in [0.1, 0.15) is 0 Å². The molecule has 0 aromatic heterocycles. The van der Waals surface area contributed by atoms with Crippen LogP contribution in [0.15, 0.2) is 29.2 Å². The number of amides is 1. The molecule has 0 radical (unpaired) electrons. The summed E-state index contributed by atoms with van der Waals surface area (Å²) in [5, 5.41) is 7.65. The molecule has 0 aliphatic heterocycles. The van der Waals surface area contributed by atoms with Crippen LogP contribution in [0.25, 0.3) is 0 Å². The summed E-state index contributed by atoms with van der Waals surface area (Å²) in [7, 11) is -3.70. The molecule has 0 spiro atoms. The molecule has 1 aromatic rings. The number of nitrogens with one attached hydrogen (secondary N) is 1. The van der Waals surface area contributed by atoms with Gasteiger partial charge in [-0.1, -0.05) is 26.0 Å². The van der Waals surface area contributed by atoms with Crippen molar-refractivity contribution in [2.24, 2.45) is 11.1 Å². The first-order chi connectivity index (χ1) is 11.2. The first kappa shape index (κ1) is 20.1. The predicted molar refractivity (Wildman–Crippen MR) is 89.6 cm³/mol. The quantitative estimate of drug-likeness (QED) is 0.640. The number of benzene rings is 1. The second-order valence-corrected chi connectivity index (χ2v) is 7.44. The van der Waals surface area contributed by atoms with Crippen molar-refractivity contribution in [3.05, 3.63) is 29.8 Å². The molecule has 1 rings (SSSR count). The summed E-state index contributed by atoms with van der Waals surface area (Å²) < 4.78 is 27.2. The second kappa shape index (κ2) is 9.39. The van der Waals surface area contributed by atoms with E-state index in [4.69, 9.17) is 9.88 Å². The lowest BCUT2D eigenvalue weighted by molar-refractivity contribution is -0.148. The van der Waals surface area contributed by atoms with E-state index in [2.05, 4.69) is 5.32 Å². The molecular formula is C16H24N2O5S. The van der Waals surface area contributed by atoms with Gasteiger partial charge in [-0.2, -0.15) is 0 Å². The SMILES string of the molecule is CC(C)CCC(=O)OCC(=O)NCCc1ccc(S(N)(=O)=O)cc1. The highest BCUT2D eigenvalue weighted by Gasteiger charge is 2.09. The Morgan fingerprint density at radius 3 is 2.38 bits per heavy atom. The summed E-state index contributed by atoms with van der Waals surface area (Å²) in [6, 6.07) is 6.11. The van der Waals surface area contributed by atoms with Crippen molar-refractivity contribution in [2.45, 2.75) is 38.0 Å². The Bertz CT molecular complexity index is 654. The van der Waals surface area contributed by atoms with Crippen LogP contribution >= 0.6 is 0 Å². The highest BCUT2D eigenvalue weighted by atomic mass is 32.2. The molecule has 134 valence electrons. The molecule has 1 amide bonds. The number of carbonyl (C=O) groups is 2. The zero-order valence-corrected chi connectivity index (χ0v) is 14.8. The van der Waals surface area contributed by atoms with Crippen LogP contribution in [0, 0.1) is 5.92 Å². The molecule has 0 aliphatic carbocycles. The Hall–Kier alpha value is -1.93. The van der Waals surface area contributed by atoms with Gasteiger partial charge in [0.05, 0.1) is 4.90 Å². The average Bonchev–Trinajstić information content (AvgIpc) is 2.50. The number of sulfonamides is 1. The minimum Gasteiger partial charge on any atom is -0.456 e. The lowest BCUT2D eigenvalue weighted by Crippen LogP contribution is -2.30. The molecule has 8 heteroatoms. The van der Waals surface area contributed by atoms with E-state index in [-0.39, 0.29) is 23.4 Å². The van der Waals surface area contributed by atoms with E-state index in [1.807, 2.05) is 13.8 Å². The van der Waals surface area contributed by atoms with Crippen molar-refractivity contribution < 1.29 is 22.7 Å². The lowest BCUT2D eigenvalue weighted by Gasteiger charge is -2.08. The summed E-state index contributed by atoms with van der Waals surface area (Å²) in [6.07, 6.45) is 1.56. The number of primary sulfonamides is 1. The van der Waals surface area contributed by atoms with Gasteiger partial charge in [-0.05, 0) is 36.5 Å². The van der Waals surface area contributed by atoms with E-state index in [1.54, 1.807) is 12.1 Å². The number of ether oxygens (including phenoxy) is 1. The van der Waals surface area contributed by atoms with Crippen LogP contribution in [0.3, 0.4) is 0 Å². The van der Waals surface area contributed by atoms with Crippen molar-refractivity contribution in [3.8, 4) is 0 Å². The summed E-state index contributed by atoms with van der Waals surface area (Å²) >= 11 is 0. The van der Waals surface area contributed by atoms with Gasteiger partial charge in [-0.3, -0.25) is 9.59 Å². The molecule has 0 saturated carbocycles. The van der Waals surface area contributed by atoms with Crippen LogP contribution in [0.5, 0.6) is 0 Å². The van der Waals surface area contributed by atoms with Crippen molar-refractivity contribution in [1.29, 1.82) is 0 Å². The predicted octanol–water partition coefficient (Wildman–Crippen LogP) is 0.972. The van der Waals surface area contributed by atoms with E-state index in [9.17, 15) is 18.0 Å². The first-order valence-corrected chi connectivity index (χ1v) is 9.27. The summed E-state index contributed by atoms with van der Waals surface area (Å²) in [6.45, 7) is 4.09. The molecule has 7 nitrogen and oxygen atoms in total. The lowest BCUT2D eigenvalue weighted by atomic mass is 10.1. The maximum atomic E-state index is 11.6. The van der Waals surface area contributed by atoms with Crippen molar-refractivity contribution >= 4 is 21.9 Å². The third-order valence-electron chi connectivity index (χ3n) is 3.28. The molecule has 0 heterocycles. The van der Waals surface area contributed by atoms with Crippen molar-refractivity contribution in [3.63, 3.8) is 0 Å². The highest BCUT2D eigenvalue weighted by molar-refractivity contribution is 7.89. The van der Waals surface area contributed by atoms with Crippen molar-refractivity contribution in [2.75, 3.05) is 13.2 Å². The van der Waals surface area contributed by atoms with E-state index in [0.29, 0.717) is 25.3 Å². The maximum absolute atomic E-state index is 11.6. The largest absolute Gasteiger partial charge is 0.456 e. The average molecular weight is 356 g/mol. The zero-order valence-electron chi connectivity index (χ0n) is 13.9. The second-order valence-electron chi connectivity index (χ2n) is 5.88. The van der Waals surface area contributed by atoms with Crippen LogP contribution in [0.1, 0.15) is 32.3 Å². The van der Waals surface area contributed by atoms with Gasteiger partial charge in [-0.25, -0.2) is 13.6 Å². The van der Waals surface area contributed by atoms with Gasteiger partial charge < -0.3 is 10.1 Å². The number of carbonyl (C=O) groups excluding carboxylic acids is 2. The summed E-state index contributed by atoms with van der Waals surface area (Å²) in [5.41, 5.74) is 0.858. The molecule has 0 unspecified atom stereocenters. The molecule has 0 bridgehead atoms. The van der Waals surface area contributed by atoms with Crippen molar-refractivity contribution in [1.82, 2.24) is 5.32 Å². The Morgan fingerprint density at radius 1 is 1.21 bits per heavy atom. The number of nitrogens with two attached hydrogens (primary N) is 1.